The molecule has 0 unspecified atom stereocenters. The highest BCUT2D eigenvalue weighted by Crippen LogP contribution is 2.19. The van der Waals surface area contributed by atoms with Gasteiger partial charge in [0.05, 0.1) is 37.1 Å². The normalized spacial score (nSPS) is 16.3. The summed E-state index contributed by atoms with van der Waals surface area (Å²) >= 11 is 1.65. The van der Waals surface area contributed by atoms with Crippen LogP contribution < -0.4 is 15.1 Å². The van der Waals surface area contributed by atoms with E-state index in [9.17, 15) is 14.9 Å². The van der Waals surface area contributed by atoms with Crippen LogP contribution in [0.25, 0.3) is 0 Å². The topological polar surface area (TPSA) is 79.9 Å². The number of nitrogens with one attached hydrogen (secondary N) is 2. The molecule has 8 heteroatoms. The SMILES string of the molecule is C[C@H](NC(=O)C[NH+]1CCN(c2ccc([N+](=O)[O-])cc2)CC1)c1cccs1. The molecule has 0 bridgehead atoms. The van der Waals surface area contributed by atoms with Crippen LogP contribution in [0.5, 0.6) is 0 Å². The number of rotatable bonds is 6. The monoisotopic (exact) mass is 375 g/mol. The average Bonchev–Trinajstić information content (AvgIpc) is 3.17. The summed E-state index contributed by atoms with van der Waals surface area (Å²) in [5.74, 6) is 0.0738. The lowest BCUT2D eigenvalue weighted by atomic mass is 10.2. The summed E-state index contributed by atoms with van der Waals surface area (Å²) in [6.07, 6.45) is 0. The Hall–Kier alpha value is -2.45. The van der Waals surface area contributed by atoms with Crippen molar-refractivity contribution in [3.05, 3.63) is 56.8 Å². The second-order valence-corrected chi connectivity index (χ2v) is 7.47. The second kappa shape index (κ2) is 8.29. The maximum absolute atomic E-state index is 12.3. The van der Waals surface area contributed by atoms with Gasteiger partial charge in [-0.25, -0.2) is 0 Å². The number of carbonyl (C=O) groups excluding carboxylic acids is 1. The molecule has 138 valence electrons. The zero-order valence-electron chi connectivity index (χ0n) is 14.7. The molecule has 2 heterocycles. The molecular formula is C18H23N4O3S+. The van der Waals surface area contributed by atoms with Gasteiger partial charge in [-0.3, -0.25) is 14.9 Å². The molecule has 1 atom stereocenters. The van der Waals surface area contributed by atoms with Crippen LogP contribution in [0.4, 0.5) is 11.4 Å². The van der Waals surface area contributed by atoms with Gasteiger partial charge in [-0.2, -0.15) is 0 Å². The minimum absolute atomic E-state index is 0.0447. The van der Waals surface area contributed by atoms with E-state index in [0.717, 1.165) is 36.7 Å². The van der Waals surface area contributed by atoms with Gasteiger partial charge in [-0.15, -0.1) is 11.3 Å². The summed E-state index contributed by atoms with van der Waals surface area (Å²) in [6, 6.07) is 10.7. The number of nitro groups is 1. The zero-order chi connectivity index (χ0) is 18.5. The highest BCUT2D eigenvalue weighted by Gasteiger charge is 2.23. The van der Waals surface area contributed by atoms with E-state index in [1.807, 2.05) is 24.4 Å². The lowest BCUT2D eigenvalue weighted by Crippen LogP contribution is -3.15. The Kier molecular flexibility index (Phi) is 5.85. The number of thiophene rings is 1. The highest BCUT2D eigenvalue weighted by atomic mass is 32.1. The maximum Gasteiger partial charge on any atom is 0.275 e. The number of hydrogen-bond acceptors (Lipinski definition) is 5. The van der Waals surface area contributed by atoms with Crippen LogP contribution in [0.3, 0.4) is 0 Å². The molecule has 0 aliphatic carbocycles. The Balaban J connectivity index is 1.46. The van der Waals surface area contributed by atoms with Gasteiger partial charge < -0.3 is 15.1 Å². The largest absolute Gasteiger partial charge is 0.360 e. The molecule has 1 fully saturated rings. The molecule has 7 nitrogen and oxygen atoms in total. The minimum atomic E-state index is -0.387. The summed E-state index contributed by atoms with van der Waals surface area (Å²) in [7, 11) is 0. The van der Waals surface area contributed by atoms with Crippen molar-refractivity contribution in [2.24, 2.45) is 0 Å². The van der Waals surface area contributed by atoms with E-state index in [1.54, 1.807) is 23.5 Å². The first-order valence-corrected chi connectivity index (χ1v) is 9.56. The Labute approximate surface area is 156 Å². The van der Waals surface area contributed by atoms with E-state index in [1.165, 1.54) is 17.0 Å². The Morgan fingerprint density at radius 2 is 2.00 bits per heavy atom. The molecule has 0 saturated carbocycles. The first-order chi connectivity index (χ1) is 12.5. The summed E-state index contributed by atoms with van der Waals surface area (Å²) in [4.78, 5) is 27.2. The number of piperazine rings is 1. The third kappa shape index (κ3) is 4.59. The van der Waals surface area contributed by atoms with E-state index in [4.69, 9.17) is 0 Å². The summed E-state index contributed by atoms with van der Waals surface area (Å²) in [5, 5.41) is 15.8. The average molecular weight is 375 g/mol. The lowest BCUT2D eigenvalue weighted by Gasteiger charge is -2.33. The van der Waals surface area contributed by atoms with Gasteiger partial charge >= 0.3 is 0 Å². The van der Waals surface area contributed by atoms with E-state index in [0.29, 0.717) is 6.54 Å². The standard InChI is InChI=1S/C18H22N4O3S/c1-14(17-3-2-12-26-17)19-18(23)13-20-8-10-21(11-9-20)15-4-6-16(7-5-15)22(24)25/h2-7,12,14H,8-11,13H2,1H3,(H,19,23)/p+1/t14-/m0/s1. The van der Waals surface area contributed by atoms with Crippen molar-refractivity contribution in [2.75, 3.05) is 37.6 Å². The van der Waals surface area contributed by atoms with Crippen molar-refractivity contribution < 1.29 is 14.6 Å². The van der Waals surface area contributed by atoms with Gasteiger partial charge in [0, 0.05) is 22.7 Å². The van der Waals surface area contributed by atoms with Gasteiger partial charge in [0.15, 0.2) is 6.54 Å². The Morgan fingerprint density at radius 1 is 1.31 bits per heavy atom. The number of anilines is 1. The molecule has 2 N–H and O–H groups in total. The van der Waals surface area contributed by atoms with Crippen LogP contribution >= 0.6 is 11.3 Å². The van der Waals surface area contributed by atoms with Gasteiger partial charge in [-0.05, 0) is 30.5 Å². The Morgan fingerprint density at radius 3 is 2.58 bits per heavy atom. The number of non-ortho nitro benzene ring substituents is 1. The van der Waals surface area contributed by atoms with Crippen molar-refractivity contribution in [1.29, 1.82) is 0 Å². The van der Waals surface area contributed by atoms with Crippen molar-refractivity contribution >= 4 is 28.6 Å². The quantitative estimate of drug-likeness (QED) is 0.588. The number of nitrogens with zero attached hydrogens (tertiary/aromatic N) is 2. The van der Waals surface area contributed by atoms with E-state index < -0.39 is 0 Å². The molecule has 3 rings (SSSR count). The van der Waals surface area contributed by atoms with Gasteiger partial charge in [0.25, 0.3) is 11.6 Å². The fraction of sp³-hybridized carbons (Fsp3) is 0.389. The van der Waals surface area contributed by atoms with Crippen LogP contribution in [-0.4, -0.2) is 43.6 Å². The molecule has 0 radical (unpaired) electrons. The van der Waals surface area contributed by atoms with E-state index in [-0.39, 0.29) is 22.6 Å². The lowest BCUT2D eigenvalue weighted by molar-refractivity contribution is -0.892. The molecular weight excluding hydrogens is 352 g/mol. The van der Waals surface area contributed by atoms with Crippen molar-refractivity contribution in [3.8, 4) is 0 Å². The molecule has 1 saturated heterocycles. The van der Waals surface area contributed by atoms with Gasteiger partial charge in [0.2, 0.25) is 0 Å². The molecule has 26 heavy (non-hydrogen) atoms. The minimum Gasteiger partial charge on any atom is -0.360 e. The van der Waals surface area contributed by atoms with Crippen LogP contribution in [0.1, 0.15) is 17.8 Å². The van der Waals surface area contributed by atoms with Crippen LogP contribution in [-0.2, 0) is 4.79 Å². The van der Waals surface area contributed by atoms with E-state index in [2.05, 4.69) is 10.2 Å². The van der Waals surface area contributed by atoms with Gasteiger partial charge in [-0.1, -0.05) is 6.07 Å². The number of quaternary nitrogens is 1. The predicted molar refractivity (Wildman–Crippen MR) is 102 cm³/mol. The molecule has 1 aromatic carbocycles. The number of carbonyl (C=O) groups is 1. The number of hydrogen-bond donors (Lipinski definition) is 2. The van der Waals surface area contributed by atoms with Crippen LogP contribution in [0.2, 0.25) is 0 Å². The maximum atomic E-state index is 12.3. The molecule has 1 amide bonds. The number of amides is 1. The molecule has 1 aliphatic heterocycles. The van der Waals surface area contributed by atoms with Gasteiger partial charge in [0.1, 0.15) is 0 Å². The fourth-order valence-corrected chi connectivity index (χ4v) is 3.91. The smallest absolute Gasteiger partial charge is 0.275 e. The van der Waals surface area contributed by atoms with Crippen LogP contribution in [0.15, 0.2) is 41.8 Å². The predicted octanol–water partition coefficient (Wildman–Crippen LogP) is 1.24. The Bertz CT molecular complexity index is 740. The first kappa shape index (κ1) is 18.3. The highest BCUT2D eigenvalue weighted by molar-refractivity contribution is 7.10. The molecule has 1 aliphatic rings. The molecule has 0 spiro atoms. The molecule has 2 aromatic rings. The number of benzene rings is 1. The third-order valence-corrected chi connectivity index (χ3v) is 5.71. The van der Waals surface area contributed by atoms with Crippen molar-refractivity contribution in [3.63, 3.8) is 0 Å². The molecule has 1 aromatic heterocycles. The zero-order valence-corrected chi connectivity index (χ0v) is 15.5. The fourth-order valence-electron chi connectivity index (χ4n) is 3.17. The second-order valence-electron chi connectivity index (χ2n) is 6.49. The first-order valence-electron chi connectivity index (χ1n) is 8.68. The third-order valence-electron chi connectivity index (χ3n) is 4.65. The van der Waals surface area contributed by atoms with Crippen molar-refractivity contribution in [1.82, 2.24) is 5.32 Å². The summed E-state index contributed by atoms with van der Waals surface area (Å²) in [6.45, 7) is 5.90. The van der Waals surface area contributed by atoms with Crippen molar-refractivity contribution in [2.45, 2.75) is 13.0 Å². The van der Waals surface area contributed by atoms with E-state index >= 15 is 0 Å². The number of nitro benzene ring substituents is 1. The summed E-state index contributed by atoms with van der Waals surface area (Å²) in [5.41, 5.74) is 1.10. The summed E-state index contributed by atoms with van der Waals surface area (Å²) < 4.78 is 0. The van der Waals surface area contributed by atoms with Crippen LogP contribution in [0, 0.1) is 10.1 Å².